The molecular weight excluding hydrogens is 524 g/mol. The Bertz CT molecular complexity index is 1620. The van der Waals surface area contributed by atoms with Crippen molar-refractivity contribution in [3.05, 3.63) is 118 Å². The number of nitrogens with zero attached hydrogens (tertiary/aromatic N) is 4. The number of para-hydroxylation sites is 1. The van der Waals surface area contributed by atoms with Crippen LogP contribution in [0.3, 0.4) is 0 Å². The zero-order valence-electron chi connectivity index (χ0n) is 20.6. The van der Waals surface area contributed by atoms with E-state index in [1.54, 1.807) is 7.11 Å². The average molecular weight is 549 g/mol. The van der Waals surface area contributed by atoms with Gasteiger partial charge in [-0.1, -0.05) is 82.2 Å². The largest absolute Gasteiger partial charge is 0.496 e. The normalized spacial score (nSPS) is 15.2. The van der Waals surface area contributed by atoms with Gasteiger partial charge in [0.25, 0.3) is 0 Å². The number of rotatable bonds is 5. The molecule has 4 aromatic carbocycles. The quantitative estimate of drug-likeness (QED) is 0.225. The minimum absolute atomic E-state index is 0.0560. The molecule has 0 bridgehead atoms. The first-order valence-electron chi connectivity index (χ1n) is 12.2. The second kappa shape index (κ2) is 9.79. The van der Waals surface area contributed by atoms with Gasteiger partial charge < -0.3 is 4.74 Å². The van der Waals surface area contributed by atoms with Gasteiger partial charge in [0.2, 0.25) is 5.95 Å². The Labute approximate surface area is 224 Å². The second-order valence-corrected chi connectivity index (χ2v) is 10.0. The van der Waals surface area contributed by atoms with E-state index in [-0.39, 0.29) is 6.04 Å². The predicted molar refractivity (Wildman–Crippen MR) is 153 cm³/mol. The van der Waals surface area contributed by atoms with Gasteiger partial charge in [0.1, 0.15) is 5.75 Å². The maximum atomic E-state index is 5.66. The molecule has 0 amide bonds. The van der Waals surface area contributed by atoms with Crippen LogP contribution >= 0.6 is 15.9 Å². The summed E-state index contributed by atoms with van der Waals surface area (Å²) in [5.74, 6) is 1.38. The lowest BCUT2D eigenvalue weighted by molar-refractivity contribution is 0.414. The summed E-state index contributed by atoms with van der Waals surface area (Å²) in [6.45, 7) is 2.09. The standard InChI is InChI=1S/C31H25BrN4O/c1-20-12-17-26-25(18-20)30(22-8-4-3-5-9-22)34-31(33-26)36-28(21-13-15-23(32)16-14-21)19-27(35-36)24-10-6-7-11-29(24)37-2/h3-18,28H,19H2,1-2H3/t28-/m0/s1. The Balaban J connectivity index is 1.55. The van der Waals surface area contributed by atoms with Crippen molar-refractivity contribution in [3.63, 3.8) is 0 Å². The van der Waals surface area contributed by atoms with Crippen LogP contribution in [0.1, 0.15) is 29.2 Å². The number of anilines is 1. The highest BCUT2D eigenvalue weighted by Crippen LogP contribution is 2.39. The smallest absolute Gasteiger partial charge is 0.247 e. The summed E-state index contributed by atoms with van der Waals surface area (Å²) in [4.78, 5) is 10.1. The number of aryl methyl sites for hydroxylation is 1. The summed E-state index contributed by atoms with van der Waals surface area (Å²) in [6.07, 6.45) is 0.706. The maximum absolute atomic E-state index is 5.66. The van der Waals surface area contributed by atoms with E-state index in [2.05, 4.69) is 83.5 Å². The maximum Gasteiger partial charge on any atom is 0.247 e. The number of hydrazone groups is 1. The van der Waals surface area contributed by atoms with Crippen molar-refractivity contribution in [3.8, 4) is 17.0 Å². The third-order valence-electron chi connectivity index (χ3n) is 6.67. The molecule has 2 heterocycles. The van der Waals surface area contributed by atoms with E-state index in [0.29, 0.717) is 12.4 Å². The summed E-state index contributed by atoms with van der Waals surface area (Å²) in [5.41, 5.74) is 7.09. The molecule has 1 atom stereocenters. The van der Waals surface area contributed by atoms with E-state index in [1.807, 2.05) is 41.4 Å². The zero-order valence-corrected chi connectivity index (χ0v) is 22.2. The monoisotopic (exact) mass is 548 g/mol. The molecule has 0 spiro atoms. The molecule has 0 aliphatic carbocycles. The molecule has 0 unspecified atom stereocenters. The van der Waals surface area contributed by atoms with E-state index in [9.17, 15) is 0 Å². The molecule has 1 aliphatic rings. The van der Waals surface area contributed by atoms with Crippen molar-refractivity contribution in [2.24, 2.45) is 5.10 Å². The van der Waals surface area contributed by atoms with Crippen LogP contribution in [-0.2, 0) is 0 Å². The van der Waals surface area contributed by atoms with Gasteiger partial charge in [0, 0.05) is 27.4 Å². The van der Waals surface area contributed by atoms with E-state index < -0.39 is 0 Å². The Morgan fingerprint density at radius 1 is 0.865 bits per heavy atom. The fraction of sp³-hybridized carbons (Fsp3) is 0.129. The number of halogens is 1. The fourth-order valence-corrected chi connectivity index (χ4v) is 5.10. The molecule has 0 radical (unpaired) electrons. The number of ether oxygens (including phenoxy) is 1. The van der Waals surface area contributed by atoms with Gasteiger partial charge in [-0.3, -0.25) is 0 Å². The zero-order chi connectivity index (χ0) is 25.4. The molecule has 6 rings (SSSR count). The molecule has 5 nitrogen and oxygen atoms in total. The fourth-order valence-electron chi connectivity index (χ4n) is 4.83. The molecule has 0 saturated carbocycles. The highest BCUT2D eigenvalue weighted by molar-refractivity contribution is 9.10. The minimum Gasteiger partial charge on any atom is -0.496 e. The lowest BCUT2D eigenvalue weighted by Gasteiger charge is -2.23. The van der Waals surface area contributed by atoms with Crippen LogP contribution in [-0.4, -0.2) is 22.8 Å². The van der Waals surface area contributed by atoms with Gasteiger partial charge in [-0.2, -0.15) is 5.10 Å². The Hall–Kier alpha value is -4.03. The average Bonchev–Trinajstić information content (AvgIpc) is 3.39. The SMILES string of the molecule is COc1ccccc1C1=NN(c2nc(-c3ccccc3)c3cc(C)ccc3n2)[C@H](c2ccc(Br)cc2)C1. The van der Waals surface area contributed by atoms with Crippen LogP contribution < -0.4 is 9.75 Å². The van der Waals surface area contributed by atoms with E-state index in [0.717, 1.165) is 49.2 Å². The first kappa shape index (κ1) is 23.4. The number of fused-ring (bicyclic) bond motifs is 1. The van der Waals surface area contributed by atoms with Crippen molar-refractivity contribution in [1.82, 2.24) is 9.97 Å². The number of hydrogen-bond donors (Lipinski definition) is 0. The summed E-state index contributed by atoms with van der Waals surface area (Å²) in [5, 5.41) is 8.11. The molecule has 0 N–H and O–H groups in total. The molecule has 1 aliphatic heterocycles. The van der Waals surface area contributed by atoms with Crippen LogP contribution in [0.15, 0.2) is 107 Å². The van der Waals surface area contributed by atoms with Crippen LogP contribution in [0, 0.1) is 6.92 Å². The second-order valence-electron chi connectivity index (χ2n) is 9.12. The molecule has 0 fully saturated rings. The van der Waals surface area contributed by atoms with Gasteiger partial charge in [-0.15, -0.1) is 0 Å². The first-order chi connectivity index (χ1) is 18.1. The van der Waals surface area contributed by atoms with Crippen LogP contribution in [0.2, 0.25) is 0 Å². The molecule has 182 valence electrons. The third-order valence-corrected chi connectivity index (χ3v) is 7.20. The molecule has 5 aromatic rings. The molecule has 1 aromatic heterocycles. The third kappa shape index (κ3) is 4.49. The first-order valence-corrected chi connectivity index (χ1v) is 13.0. The highest BCUT2D eigenvalue weighted by Gasteiger charge is 2.33. The molecule has 37 heavy (non-hydrogen) atoms. The van der Waals surface area contributed by atoms with Crippen LogP contribution in [0.5, 0.6) is 5.75 Å². The van der Waals surface area contributed by atoms with Gasteiger partial charge in [-0.25, -0.2) is 15.0 Å². The minimum atomic E-state index is -0.0560. The topological polar surface area (TPSA) is 50.6 Å². The lowest BCUT2D eigenvalue weighted by Crippen LogP contribution is -2.21. The van der Waals surface area contributed by atoms with Crippen molar-refractivity contribution < 1.29 is 4.74 Å². The summed E-state index contributed by atoms with van der Waals surface area (Å²) >= 11 is 3.57. The van der Waals surface area contributed by atoms with Crippen LogP contribution in [0.4, 0.5) is 5.95 Å². The number of aromatic nitrogens is 2. The Kier molecular flexibility index (Phi) is 6.18. The van der Waals surface area contributed by atoms with Gasteiger partial charge >= 0.3 is 0 Å². The summed E-state index contributed by atoms with van der Waals surface area (Å²) < 4.78 is 6.70. The van der Waals surface area contributed by atoms with E-state index >= 15 is 0 Å². The lowest BCUT2D eigenvalue weighted by atomic mass is 9.98. The Morgan fingerprint density at radius 3 is 2.41 bits per heavy atom. The number of hydrogen-bond acceptors (Lipinski definition) is 5. The highest BCUT2D eigenvalue weighted by atomic mass is 79.9. The van der Waals surface area contributed by atoms with Gasteiger partial charge in [0.05, 0.1) is 30.1 Å². The van der Waals surface area contributed by atoms with Crippen molar-refractivity contribution >= 4 is 38.5 Å². The summed E-state index contributed by atoms with van der Waals surface area (Å²) in [7, 11) is 1.69. The van der Waals surface area contributed by atoms with Crippen molar-refractivity contribution in [2.45, 2.75) is 19.4 Å². The Morgan fingerprint density at radius 2 is 1.62 bits per heavy atom. The summed E-state index contributed by atoms with van der Waals surface area (Å²) in [6, 6.07) is 32.9. The predicted octanol–water partition coefficient (Wildman–Crippen LogP) is 7.73. The van der Waals surface area contributed by atoms with E-state index in [1.165, 1.54) is 5.56 Å². The van der Waals surface area contributed by atoms with Crippen molar-refractivity contribution in [2.75, 3.05) is 12.1 Å². The molecular formula is C31H25BrN4O. The number of methoxy groups -OCH3 is 1. The van der Waals surface area contributed by atoms with Gasteiger partial charge in [-0.05, 0) is 48.9 Å². The van der Waals surface area contributed by atoms with Crippen molar-refractivity contribution in [1.29, 1.82) is 0 Å². The van der Waals surface area contributed by atoms with Crippen LogP contribution in [0.25, 0.3) is 22.2 Å². The van der Waals surface area contributed by atoms with E-state index in [4.69, 9.17) is 19.8 Å². The molecule has 6 heteroatoms. The van der Waals surface area contributed by atoms with Gasteiger partial charge in [0.15, 0.2) is 0 Å². The molecule has 0 saturated heterocycles. The number of benzene rings is 4.